The third-order valence-corrected chi connectivity index (χ3v) is 4.05. The fourth-order valence-electron chi connectivity index (χ4n) is 1.53. The highest BCUT2D eigenvalue weighted by Gasteiger charge is 2.26. The molecule has 0 saturated carbocycles. The average molecular weight is 203 g/mol. The van der Waals surface area contributed by atoms with Crippen LogP contribution in [-0.4, -0.2) is 46.3 Å². The van der Waals surface area contributed by atoms with Gasteiger partial charge in [0, 0.05) is 26.3 Å². The SMILES string of the molecule is CCCN1CCO[Si](C)(C)OCC1. The Bertz CT molecular complexity index is 141. The van der Waals surface area contributed by atoms with Crippen LogP contribution in [0.25, 0.3) is 0 Å². The van der Waals surface area contributed by atoms with Crippen LogP contribution in [0.15, 0.2) is 0 Å². The molecule has 0 radical (unpaired) electrons. The van der Waals surface area contributed by atoms with Gasteiger partial charge in [-0.2, -0.15) is 0 Å². The minimum Gasteiger partial charge on any atom is -0.393 e. The largest absolute Gasteiger partial charge is 0.393 e. The van der Waals surface area contributed by atoms with Gasteiger partial charge in [0.05, 0.1) is 0 Å². The maximum Gasteiger partial charge on any atom is 0.331 e. The quantitative estimate of drug-likeness (QED) is 0.634. The molecule has 0 aromatic heterocycles. The van der Waals surface area contributed by atoms with E-state index >= 15 is 0 Å². The van der Waals surface area contributed by atoms with Crippen LogP contribution in [0.2, 0.25) is 13.1 Å². The van der Waals surface area contributed by atoms with E-state index in [1.807, 2.05) is 0 Å². The molecule has 0 unspecified atom stereocenters. The Hall–Kier alpha value is 0.0969. The monoisotopic (exact) mass is 203 g/mol. The molecular formula is C9H21NO2Si. The Kier molecular flexibility index (Phi) is 4.38. The van der Waals surface area contributed by atoms with Gasteiger partial charge in [-0.15, -0.1) is 0 Å². The van der Waals surface area contributed by atoms with Crippen molar-refractivity contribution in [3.8, 4) is 0 Å². The van der Waals surface area contributed by atoms with Crippen molar-refractivity contribution in [3.63, 3.8) is 0 Å². The minimum absolute atomic E-state index is 0.833. The maximum absolute atomic E-state index is 5.72. The number of rotatable bonds is 2. The molecule has 1 fully saturated rings. The molecule has 3 nitrogen and oxygen atoms in total. The van der Waals surface area contributed by atoms with E-state index in [0.29, 0.717) is 0 Å². The van der Waals surface area contributed by atoms with E-state index < -0.39 is 8.56 Å². The summed E-state index contributed by atoms with van der Waals surface area (Å²) in [4.78, 5) is 2.41. The second kappa shape index (κ2) is 5.10. The van der Waals surface area contributed by atoms with Crippen LogP contribution in [0, 0.1) is 0 Å². The van der Waals surface area contributed by atoms with Crippen LogP contribution in [0.1, 0.15) is 13.3 Å². The number of hydrogen-bond donors (Lipinski definition) is 0. The first-order valence-electron chi connectivity index (χ1n) is 5.14. The Labute approximate surface area is 82.3 Å². The molecule has 4 heteroatoms. The summed E-state index contributed by atoms with van der Waals surface area (Å²) >= 11 is 0. The molecule has 0 aromatic carbocycles. The summed E-state index contributed by atoms with van der Waals surface area (Å²) < 4.78 is 11.4. The van der Waals surface area contributed by atoms with Gasteiger partial charge in [0.2, 0.25) is 0 Å². The molecule has 0 atom stereocenters. The van der Waals surface area contributed by atoms with E-state index in [0.717, 1.165) is 32.8 Å². The smallest absolute Gasteiger partial charge is 0.331 e. The summed E-state index contributed by atoms with van der Waals surface area (Å²) in [5, 5.41) is 0. The molecule has 13 heavy (non-hydrogen) atoms. The van der Waals surface area contributed by atoms with Gasteiger partial charge < -0.3 is 8.85 Å². The van der Waals surface area contributed by atoms with Crippen molar-refractivity contribution >= 4 is 8.56 Å². The second-order valence-corrected chi connectivity index (χ2v) is 7.32. The van der Waals surface area contributed by atoms with Gasteiger partial charge in [-0.25, -0.2) is 0 Å². The van der Waals surface area contributed by atoms with Crippen LogP contribution in [0.5, 0.6) is 0 Å². The highest BCUT2D eigenvalue weighted by atomic mass is 28.4. The molecule has 0 amide bonds. The van der Waals surface area contributed by atoms with Gasteiger partial charge in [0.15, 0.2) is 0 Å². The van der Waals surface area contributed by atoms with Crippen molar-refractivity contribution in [2.75, 3.05) is 32.8 Å². The molecule has 0 aromatic rings. The lowest BCUT2D eigenvalue weighted by Crippen LogP contribution is -2.44. The van der Waals surface area contributed by atoms with Gasteiger partial charge in [-0.3, -0.25) is 4.90 Å². The van der Waals surface area contributed by atoms with Gasteiger partial charge in [0.25, 0.3) is 0 Å². The van der Waals surface area contributed by atoms with Crippen molar-refractivity contribution in [2.24, 2.45) is 0 Å². The highest BCUT2D eigenvalue weighted by Crippen LogP contribution is 2.09. The summed E-state index contributed by atoms with van der Waals surface area (Å²) in [6.07, 6.45) is 1.21. The molecule has 1 rings (SSSR count). The molecular weight excluding hydrogens is 182 g/mol. The van der Waals surface area contributed by atoms with Gasteiger partial charge in [0.1, 0.15) is 0 Å². The van der Waals surface area contributed by atoms with Gasteiger partial charge in [-0.1, -0.05) is 6.92 Å². The first-order valence-corrected chi connectivity index (χ1v) is 7.96. The van der Waals surface area contributed by atoms with E-state index in [9.17, 15) is 0 Å². The standard InChI is InChI=1S/C9H21NO2Si/c1-4-5-10-6-8-11-13(2,3)12-9-7-10/h4-9H2,1-3H3. The fourth-order valence-corrected chi connectivity index (χ4v) is 2.78. The van der Waals surface area contributed by atoms with Crippen molar-refractivity contribution < 1.29 is 8.85 Å². The van der Waals surface area contributed by atoms with Gasteiger partial charge in [-0.05, 0) is 26.1 Å². The first-order chi connectivity index (χ1) is 6.14. The first kappa shape index (κ1) is 11.2. The third kappa shape index (κ3) is 4.22. The summed E-state index contributed by atoms with van der Waals surface area (Å²) in [7, 11) is -1.75. The topological polar surface area (TPSA) is 21.7 Å². The van der Waals surface area contributed by atoms with E-state index in [4.69, 9.17) is 8.85 Å². The Balaban J connectivity index is 2.30. The van der Waals surface area contributed by atoms with Crippen molar-refractivity contribution in [2.45, 2.75) is 26.4 Å². The lowest BCUT2D eigenvalue weighted by molar-refractivity contribution is 0.0999. The molecule has 78 valence electrons. The van der Waals surface area contributed by atoms with Crippen molar-refractivity contribution in [1.29, 1.82) is 0 Å². The fraction of sp³-hybridized carbons (Fsp3) is 1.00. The molecule has 1 aliphatic rings. The Morgan fingerprint density at radius 1 is 1.15 bits per heavy atom. The second-order valence-electron chi connectivity index (χ2n) is 3.94. The van der Waals surface area contributed by atoms with E-state index in [-0.39, 0.29) is 0 Å². The Morgan fingerprint density at radius 3 is 2.15 bits per heavy atom. The van der Waals surface area contributed by atoms with Crippen LogP contribution < -0.4 is 0 Å². The zero-order valence-electron chi connectivity index (χ0n) is 9.01. The normalized spacial score (nSPS) is 25.2. The van der Waals surface area contributed by atoms with Crippen LogP contribution >= 0.6 is 0 Å². The zero-order chi connectivity index (χ0) is 9.73. The molecule has 1 heterocycles. The van der Waals surface area contributed by atoms with Crippen LogP contribution in [0.4, 0.5) is 0 Å². The van der Waals surface area contributed by atoms with Gasteiger partial charge >= 0.3 is 8.56 Å². The van der Waals surface area contributed by atoms with Crippen LogP contribution in [-0.2, 0) is 8.85 Å². The lowest BCUT2D eigenvalue weighted by Gasteiger charge is -2.30. The third-order valence-electron chi connectivity index (χ3n) is 2.25. The van der Waals surface area contributed by atoms with Crippen molar-refractivity contribution in [1.82, 2.24) is 4.90 Å². The van der Waals surface area contributed by atoms with E-state index in [1.165, 1.54) is 6.42 Å². The summed E-state index contributed by atoms with van der Waals surface area (Å²) in [6, 6.07) is 0. The predicted molar refractivity (Wildman–Crippen MR) is 56.1 cm³/mol. The molecule has 0 bridgehead atoms. The average Bonchev–Trinajstić information content (AvgIpc) is 2.01. The predicted octanol–water partition coefficient (Wildman–Crippen LogP) is 1.45. The number of hydrogen-bond acceptors (Lipinski definition) is 3. The maximum atomic E-state index is 5.72. The molecule has 0 spiro atoms. The lowest BCUT2D eigenvalue weighted by atomic mass is 10.4. The summed E-state index contributed by atoms with van der Waals surface area (Å²) in [5.41, 5.74) is 0. The molecule has 1 aliphatic heterocycles. The number of nitrogens with zero attached hydrogens (tertiary/aromatic N) is 1. The van der Waals surface area contributed by atoms with E-state index in [2.05, 4.69) is 24.9 Å². The van der Waals surface area contributed by atoms with E-state index in [1.54, 1.807) is 0 Å². The molecule has 1 saturated heterocycles. The Morgan fingerprint density at radius 2 is 1.69 bits per heavy atom. The minimum atomic E-state index is -1.75. The zero-order valence-corrected chi connectivity index (χ0v) is 10.0. The van der Waals surface area contributed by atoms with Crippen molar-refractivity contribution in [3.05, 3.63) is 0 Å². The molecule has 0 N–H and O–H groups in total. The summed E-state index contributed by atoms with van der Waals surface area (Å²) in [6.45, 7) is 11.4. The van der Waals surface area contributed by atoms with Crippen LogP contribution in [0.3, 0.4) is 0 Å². The summed E-state index contributed by atoms with van der Waals surface area (Å²) in [5.74, 6) is 0. The highest BCUT2D eigenvalue weighted by molar-refractivity contribution is 6.64. The molecule has 0 aliphatic carbocycles.